The third kappa shape index (κ3) is 3.70. The molecule has 0 amide bonds. The molecule has 24 heavy (non-hydrogen) atoms. The minimum atomic E-state index is 0.115. The minimum Gasteiger partial charge on any atom is -0.484 e. The molecule has 0 atom stereocenters. The third-order valence-electron chi connectivity index (χ3n) is 3.33. The number of likely N-dealkylation sites (N-methyl/N-ethyl adjacent to an activating group) is 1. The predicted octanol–water partition coefficient (Wildman–Crippen LogP) is 1.83. The lowest BCUT2D eigenvalue weighted by molar-refractivity contribution is 0.173. The number of hydrogen-bond acceptors (Lipinski definition) is 8. The highest BCUT2D eigenvalue weighted by Gasteiger charge is 2.16. The molecule has 1 aromatic heterocycles. The zero-order valence-electron chi connectivity index (χ0n) is 13.5. The second kappa shape index (κ2) is 7.10. The molecule has 8 nitrogen and oxygen atoms in total. The lowest BCUT2D eigenvalue weighted by atomic mass is 10.3. The molecule has 0 fully saturated rings. The lowest BCUT2D eigenvalue weighted by Crippen LogP contribution is -2.20. The molecule has 1 aliphatic rings. The Labute approximate surface area is 139 Å². The van der Waals surface area contributed by atoms with Crippen LogP contribution in [0.4, 0.5) is 5.88 Å². The number of benzene rings is 1. The van der Waals surface area contributed by atoms with Crippen molar-refractivity contribution < 1.29 is 18.6 Å². The van der Waals surface area contributed by atoms with E-state index in [1.54, 1.807) is 18.2 Å². The molecule has 126 valence electrons. The van der Waals surface area contributed by atoms with Gasteiger partial charge >= 0.3 is 0 Å². The van der Waals surface area contributed by atoms with Crippen molar-refractivity contribution in [2.45, 2.75) is 6.61 Å². The summed E-state index contributed by atoms with van der Waals surface area (Å²) in [6.07, 6.45) is 0. The van der Waals surface area contributed by atoms with Crippen molar-refractivity contribution in [2.24, 2.45) is 0 Å². The number of rotatable bonds is 7. The van der Waals surface area contributed by atoms with Crippen molar-refractivity contribution in [3.05, 3.63) is 29.8 Å². The molecule has 0 saturated carbocycles. The van der Waals surface area contributed by atoms with E-state index in [1.807, 2.05) is 25.1 Å². The molecule has 2 heterocycles. The maximum Gasteiger partial charge on any atom is 0.236 e. The Bertz CT molecular complexity index is 751. The second-order valence-electron chi connectivity index (χ2n) is 5.43. The number of oxazole rings is 1. The Balaban J connectivity index is 1.61. The summed E-state index contributed by atoms with van der Waals surface area (Å²) in [6, 6.07) is 7.31. The molecule has 2 aromatic rings. The number of nitrogens with zero attached hydrogens (tertiary/aromatic N) is 3. The van der Waals surface area contributed by atoms with E-state index in [4.69, 9.17) is 23.9 Å². The summed E-state index contributed by atoms with van der Waals surface area (Å²) in [5.74, 6) is 2.64. The summed E-state index contributed by atoms with van der Waals surface area (Å²) in [7, 11) is 3.94. The van der Waals surface area contributed by atoms with Crippen LogP contribution in [0.5, 0.6) is 17.2 Å². The fourth-order valence-electron chi connectivity index (χ4n) is 2.13. The van der Waals surface area contributed by atoms with Gasteiger partial charge in [0.1, 0.15) is 11.8 Å². The van der Waals surface area contributed by atoms with Gasteiger partial charge in [-0.2, -0.15) is 10.2 Å². The van der Waals surface area contributed by atoms with Crippen LogP contribution in [0.15, 0.2) is 22.6 Å². The van der Waals surface area contributed by atoms with E-state index in [0.29, 0.717) is 35.6 Å². The van der Waals surface area contributed by atoms with E-state index in [0.717, 1.165) is 6.54 Å². The molecule has 0 bridgehead atoms. The van der Waals surface area contributed by atoms with Crippen LogP contribution >= 0.6 is 0 Å². The number of ether oxygens (including phenoxy) is 3. The van der Waals surface area contributed by atoms with Crippen LogP contribution in [0, 0.1) is 11.3 Å². The molecule has 8 heteroatoms. The molecule has 0 unspecified atom stereocenters. The van der Waals surface area contributed by atoms with Crippen LogP contribution in [0.2, 0.25) is 0 Å². The van der Waals surface area contributed by atoms with Gasteiger partial charge in [0, 0.05) is 19.2 Å². The van der Waals surface area contributed by atoms with E-state index < -0.39 is 0 Å². The molecule has 0 saturated heterocycles. The highest BCUT2D eigenvalue weighted by molar-refractivity contribution is 5.47. The maximum absolute atomic E-state index is 9.14. The van der Waals surface area contributed by atoms with Gasteiger partial charge in [-0.25, -0.2) is 0 Å². The minimum absolute atomic E-state index is 0.115. The SMILES string of the molecule is CN(C)CCNc1oc(COc2ccc3c(c2)OCO3)nc1C#N. The Hall–Kier alpha value is -2.92. The quantitative estimate of drug-likeness (QED) is 0.822. The monoisotopic (exact) mass is 330 g/mol. The molecule has 3 rings (SSSR count). The summed E-state index contributed by atoms with van der Waals surface area (Å²) >= 11 is 0. The Morgan fingerprint density at radius 1 is 1.33 bits per heavy atom. The number of nitrogens with one attached hydrogen (secondary N) is 1. The number of aromatic nitrogens is 1. The predicted molar refractivity (Wildman–Crippen MR) is 85.2 cm³/mol. The largest absolute Gasteiger partial charge is 0.484 e. The summed E-state index contributed by atoms with van der Waals surface area (Å²) < 4.78 is 21.7. The summed E-state index contributed by atoms with van der Waals surface area (Å²) in [6.45, 7) is 1.80. The number of nitriles is 1. The Kier molecular flexibility index (Phi) is 4.72. The van der Waals surface area contributed by atoms with Gasteiger partial charge in [0.15, 0.2) is 18.1 Å². The zero-order chi connectivity index (χ0) is 16.9. The lowest BCUT2D eigenvalue weighted by Gasteiger charge is -2.09. The molecular weight excluding hydrogens is 312 g/mol. The molecule has 0 radical (unpaired) electrons. The second-order valence-corrected chi connectivity index (χ2v) is 5.43. The highest BCUT2D eigenvalue weighted by atomic mass is 16.7. The van der Waals surface area contributed by atoms with Crippen molar-refractivity contribution in [2.75, 3.05) is 39.3 Å². The van der Waals surface area contributed by atoms with Crippen LogP contribution in [-0.2, 0) is 6.61 Å². The number of fused-ring (bicyclic) bond motifs is 1. The van der Waals surface area contributed by atoms with Gasteiger partial charge in [-0.05, 0) is 26.2 Å². The first-order valence-electron chi connectivity index (χ1n) is 7.46. The molecule has 1 aliphatic heterocycles. The fraction of sp³-hybridized carbons (Fsp3) is 0.375. The molecular formula is C16H18N4O4. The fourth-order valence-corrected chi connectivity index (χ4v) is 2.13. The first-order chi connectivity index (χ1) is 11.7. The van der Waals surface area contributed by atoms with Gasteiger partial charge in [-0.1, -0.05) is 0 Å². The van der Waals surface area contributed by atoms with Gasteiger partial charge in [-0.15, -0.1) is 0 Å². The summed E-state index contributed by atoms with van der Waals surface area (Å²) in [5, 5.41) is 12.2. The van der Waals surface area contributed by atoms with Gasteiger partial charge in [0.2, 0.25) is 24.3 Å². The van der Waals surface area contributed by atoms with E-state index in [9.17, 15) is 0 Å². The maximum atomic E-state index is 9.14. The van der Waals surface area contributed by atoms with Crippen LogP contribution in [0.1, 0.15) is 11.6 Å². The average Bonchev–Trinajstić information content (AvgIpc) is 3.18. The third-order valence-corrected chi connectivity index (χ3v) is 3.33. The Morgan fingerprint density at radius 2 is 2.17 bits per heavy atom. The van der Waals surface area contributed by atoms with Crippen LogP contribution in [0.3, 0.4) is 0 Å². The number of hydrogen-bond donors (Lipinski definition) is 1. The zero-order valence-corrected chi connectivity index (χ0v) is 13.5. The van der Waals surface area contributed by atoms with Crippen LogP contribution in [-0.4, -0.2) is 43.9 Å². The molecule has 0 spiro atoms. The van der Waals surface area contributed by atoms with E-state index in [-0.39, 0.29) is 19.1 Å². The van der Waals surface area contributed by atoms with Gasteiger partial charge < -0.3 is 28.8 Å². The van der Waals surface area contributed by atoms with Crippen LogP contribution < -0.4 is 19.5 Å². The van der Waals surface area contributed by atoms with Crippen molar-refractivity contribution >= 4 is 5.88 Å². The van der Waals surface area contributed by atoms with Crippen LogP contribution in [0.25, 0.3) is 0 Å². The molecule has 1 aromatic carbocycles. The smallest absolute Gasteiger partial charge is 0.236 e. The topological polar surface area (TPSA) is 92.8 Å². The van der Waals surface area contributed by atoms with E-state index >= 15 is 0 Å². The normalized spacial score (nSPS) is 12.2. The summed E-state index contributed by atoms with van der Waals surface area (Å²) in [5.41, 5.74) is 0.220. The van der Waals surface area contributed by atoms with Gasteiger partial charge in [0.25, 0.3) is 0 Å². The standard InChI is InChI=1S/C16H18N4O4/c1-20(2)6-5-18-16-12(8-17)19-15(24-16)9-21-11-3-4-13-14(7-11)23-10-22-13/h3-4,7,18H,5-6,9-10H2,1-2H3. The number of anilines is 1. The highest BCUT2D eigenvalue weighted by Crippen LogP contribution is 2.35. The van der Waals surface area contributed by atoms with Crippen molar-refractivity contribution in [3.8, 4) is 23.3 Å². The first-order valence-corrected chi connectivity index (χ1v) is 7.46. The van der Waals surface area contributed by atoms with Crippen molar-refractivity contribution in [1.82, 2.24) is 9.88 Å². The van der Waals surface area contributed by atoms with Crippen molar-refractivity contribution in [3.63, 3.8) is 0 Å². The summed E-state index contributed by atoms with van der Waals surface area (Å²) in [4.78, 5) is 6.16. The van der Waals surface area contributed by atoms with Crippen molar-refractivity contribution in [1.29, 1.82) is 5.26 Å². The Morgan fingerprint density at radius 3 is 2.96 bits per heavy atom. The molecule has 0 aliphatic carbocycles. The average molecular weight is 330 g/mol. The first kappa shape index (κ1) is 16.0. The van der Waals surface area contributed by atoms with E-state index in [2.05, 4.69) is 10.3 Å². The molecule has 1 N–H and O–H groups in total. The van der Waals surface area contributed by atoms with Gasteiger partial charge in [-0.3, -0.25) is 0 Å². The van der Waals surface area contributed by atoms with Gasteiger partial charge in [0.05, 0.1) is 0 Å². The van der Waals surface area contributed by atoms with E-state index in [1.165, 1.54) is 0 Å².